The van der Waals surface area contributed by atoms with E-state index >= 15 is 0 Å². The van der Waals surface area contributed by atoms with E-state index in [1.165, 1.54) is 13.0 Å². The van der Waals surface area contributed by atoms with E-state index in [0.29, 0.717) is 0 Å². The monoisotopic (exact) mass is 282 g/mol. The Hall–Kier alpha value is -0.870. The summed E-state index contributed by atoms with van der Waals surface area (Å²) in [4.78, 5) is 13.4. The first kappa shape index (κ1) is 14.5. The van der Waals surface area contributed by atoms with Gasteiger partial charge in [0.05, 0.1) is 0 Å². The number of piperazine rings is 1. The first-order valence-corrected chi connectivity index (χ1v) is 7.63. The third-order valence-corrected chi connectivity index (χ3v) is 3.97. The molecule has 1 saturated heterocycles. The van der Waals surface area contributed by atoms with Crippen LogP contribution >= 0.6 is 11.6 Å². The van der Waals surface area contributed by atoms with Crippen molar-refractivity contribution in [3.05, 3.63) is 18.5 Å². The predicted octanol–water partition coefficient (Wildman–Crippen LogP) is 2.25. The molecule has 5 heteroatoms. The summed E-state index contributed by atoms with van der Waals surface area (Å²) >= 11 is 5.77. The maximum absolute atomic E-state index is 5.77. The van der Waals surface area contributed by atoms with E-state index in [2.05, 4.69) is 26.7 Å². The number of hydrogen-bond acceptors (Lipinski definition) is 4. The molecule has 1 aromatic heterocycles. The van der Waals surface area contributed by atoms with Gasteiger partial charge in [-0.3, -0.25) is 4.90 Å². The van der Waals surface area contributed by atoms with Crippen LogP contribution in [0.1, 0.15) is 19.8 Å². The topological polar surface area (TPSA) is 32.3 Å². The molecular formula is C14H23ClN4. The fourth-order valence-corrected chi connectivity index (χ4v) is 2.73. The number of aromatic nitrogens is 2. The van der Waals surface area contributed by atoms with Crippen LogP contribution < -0.4 is 4.90 Å². The Bertz CT molecular complexity index is 352. The van der Waals surface area contributed by atoms with Gasteiger partial charge in [0.1, 0.15) is 0 Å². The van der Waals surface area contributed by atoms with Crippen molar-refractivity contribution in [1.29, 1.82) is 0 Å². The van der Waals surface area contributed by atoms with Gasteiger partial charge in [-0.15, -0.1) is 11.6 Å². The number of nitrogens with zero attached hydrogens (tertiary/aromatic N) is 4. The zero-order valence-electron chi connectivity index (χ0n) is 11.6. The molecule has 1 unspecified atom stereocenters. The fourth-order valence-electron chi connectivity index (χ4n) is 2.36. The fraction of sp³-hybridized carbons (Fsp3) is 0.714. The number of rotatable bonds is 6. The summed E-state index contributed by atoms with van der Waals surface area (Å²) in [6.07, 6.45) is 5.99. The number of hydrogen-bond donors (Lipinski definition) is 0. The minimum atomic E-state index is 0.730. The standard InChI is InChI=1S/C14H23ClN4/c1-13(3-5-15)4-8-18-9-11-19(12-10-18)14-16-6-2-7-17-14/h2,6-7,13H,3-5,8-12H2,1H3. The molecule has 1 aromatic rings. The number of alkyl halides is 1. The summed E-state index contributed by atoms with van der Waals surface area (Å²) in [7, 11) is 0. The Morgan fingerprint density at radius 3 is 2.47 bits per heavy atom. The molecule has 0 spiro atoms. The molecule has 0 amide bonds. The van der Waals surface area contributed by atoms with Gasteiger partial charge in [0.15, 0.2) is 0 Å². The summed E-state index contributed by atoms with van der Waals surface area (Å²) in [6, 6.07) is 1.86. The molecule has 0 N–H and O–H groups in total. The zero-order valence-corrected chi connectivity index (χ0v) is 12.4. The number of anilines is 1. The van der Waals surface area contributed by atoms with Crippen LogP contribution in [0, 0.1) is 5.92 Å². The van der Waals surface area contributed by atoms with Crippen molar-refractivity contribution in [3.63, 3.8) is 0 Å². The van der Waals surface area contributed by atoms with Crippen molar-refractivity contribution < 1.29 is 0 Å². The first-order valence-electron chi connectivity index (χ1n) is 7.10. The Balaban J connectivity index is 1.71. The molecule has 2 rings (SSSR count). The molecule has 2 heterocycles. The molecule has 1 aliphatic heterocycles. The van der Waals surface area contributed by atoms with E-state index in [1.807, 2.05) is 18.5 Å². The molecular weight excluding hydrogens is 260 g/mol. The quantitative estimate of drug-likeness (QED) is 0.749. The van der Waals surface area contributed by atoms with Gasteiger partial charge in [-0.25, -0.2) is 9.97 Å². The normalized spacial score (nSPS) is 18.5. The highest BCUT2D eigenvalue weighted by atomic mass is 35.5. The SMILES string of the molecule is CC(CCCl)CCN1CCN(c2ncccn2)CC1. The Morgan fingerprint density at radius 2 is 1.84 bits per heavy atom. The molecule has 0 saturated carbocycles. The summed E-state index contributed by atoms with van der Waals surface area (Å²) < 4.78 is 0. The van der Waals surface area contributed by atoms with Crippen LogP contribution in [-0.2, 0) is 0 Å². The summed E-state index contributed by atoms with van der Waals surface area (Å²) in [5.41, 5.74) is 0. The van der Waals surface area contributed by atoms with Gasteiger partial charge < -0.3 is 4.90 Å². The third kappa shape index (κ3) is 4.62. The van der Waals surface area contributed by atoms with Gasteiger partial charge in [-0.2, -0.15) is 0 Å². The lowest BCUT2D eigenvalue weighted by atomic mass is 10.0. The van der Waals surface area contributed by atoms with Crippen molar-refractivity contribution in [2.24, 2.45) is 5.92 Å². The third-order valence-electron chi connectivity index (χ3n) is 3.75. The van der Waals surface area contributed by atoms with E-state index in [9.17, 15) is 0 Å². The van der Waals surface area contributed by atoms with E-state index in [4.69, 9.17) is 11.6 Å². The van der Waals surface area contributed by atoms with Crippen LogP contribution in [0.4, 0.5) is 5.95 Å². The van der Waals surface area contributed by atoms with Crippen molar-refractivity contribution >= 4 is 17.5 Å². The van der Waals surface area contributed by atoms with Crippen LogP contribution in [0.2, 0.25) is 0 Å². The summed E-state index contributed by atoms with van der Waals surface area (Å²) in [5.74, 6) is 2.37. The van der Waals surface area contributed by atoms with E-state index in [0.717, 1.165) is 50.3 Å². The second-order valence-electron chi connectivity index (χ2n) is 5.25. The lowest BCUT2D eigenvalue weighted by Gasteiger charge is -2.35. The molecule has 0 radical (unpaired) electrons. The Labute approximate surface area is 120 Å². The Morgan fingerprint density at radius 1 is 1.16 bits per heavy atom. The van der Waals surface area contributed by atoms with Crippen LogP contribution in [-0.4, -0.2) is 53.5 Å². The van der Waals surface area contributed by atoms with Crippen LogP contribution in [0.25, 0.3) is 0 Å². The van der Waals surface area contributed by atoms with Crippen LogP contribution in [0.15, 0.2) is 18.5 Å². The average Bonchev–Trinajstić information content (AvgIpc) is 2.47. The highest BCUT2D eigenvalue weighted by Crippen LogP contribution is 2.13. The van der Waals surface area contributed by atoms with Crippen molar-refractivity contribution in [2.45, 2.75) is 19.8 Å². The molecule has 0 aromatic carbocycles. The summed E-state index contributed by atoms with van der Waals surface area (Å²) in [6.45, 7) is 7.72. The van der Waals surface area contributed by atoms with Crippen molar-refractivity contribution in [2.75, 3.05) is 43.5 Å². The molecule has 1 atom stereocenters. The van der Waals surface area contributed by atoms with Gasteiger partial charge in [-0.05, 0) is 31.4 Å². The molecule has 0 aliphatic carbocycles. The lowest BCUT2D eigenvalue weighted by molar-refractivity contribution is 0.239. The second-order valence-corrected chi connectivity index (χ2v) is 5.63. The first-order chi connectivity index (χ1) is 9.29. The minimum absolute atomic E-state index is 0.730. The van der Waals surface area contributed by atoms with Gasteiger partial charge >= 0.3 is 0 Å². The smallest absolute Gasteiger partial charge is 0.225 e. The molecule has 1 fully saturated rings. The molecule has 0 bridgehead atoms. The van der Waals surface area contributed by atoms with E-state index < -0.39 is 0 Å². The Kier molecular flexibility index (Phi) is 5.86. The zero-order chi connectivity index (χ0) is 13.5. The van der Waals surface area contributed by atoms with Crippen LogP contribution in [0.3, 0.4) is 0 Å². The number of halogens is 1. The van der Waals surface area contributed by atoms with Crippen LogP contribution in [0.5, 0.6) is 0 Å². The maximum atomic E-state index is 5.77. The highest BCUT2D eigenvalue weighted by molar-refractivity contribution is 6.17. The van der Waals surface area contributed by atoms with Gasteiger partial charge in [-0.1, -0.05) is 6.92 Å². The second kappa shape index (κ2) is 7.65. The summed E-state index contributed by atoms with van der Waals surface area (Å²) in [5, 5.41) is 0. The van der Waals surface area contributed by atoms with Crippen molar-refractivity contribution in [3.8, 4) is 0 Å². The molecule has 4 nitrogen and oxygen atoms in total. The highest BCUT2D eigenvalue weighted by Gasteiger charge is 2.18. The lowest BCUT2D eigenvalue weighted by Crippen LogP contribution is -2.47. The molecule has 1 aliphatic rings. The van der Waals surface area contributed by atoms with Crippen molar-refractivity contribution in [1.82, 2.24) is 14.9 Å². The average molecular weight is 283 g/mol. The van der Waals surface area contributed by atoms with Gasteiger partial charge in [0, 0.05) is 44.5 Å². The molecule has 19 heavy (non-hydrogen) atoms. The molecule has 106 valence electrons. The predicted molar refractivity (Wildman–Crippen MR) is 79.8 cm³/mol. The maximum Gasteiger partial charge on any atom is 0.225 e. The van der Waals surface area contributed by atoms with Gasteiger partial charge in [0.25, 0.3) is 0 Å². The van der Waals surface area contributed by atoms with E-state index in [-0.39, 0.29) is 0 Å². The van der Waals surface area contributed by atoms with E-state index in [1.54, 1.807) is 0 Å². The largest absolute Gasteiger partial charge is 0.338 e. The van der Waals surface area contributed by atoms with Gasteiger partial charge in [0.2, 0.25) is 5.95 Å². The minimum Gasteiger partial charge on any atom is -0.338 e.